The number of aryl methyl sites for hydroxylation is 2. The Labute approximate surface area is 226 Å². The highest BCUT2D eigenvalue weighted by Crippen LogP contribution is 2.31. The summed E-state index contributed by atoms with van der Waals surface area (Å²) in [5.74, 6) is -1.79. The number of pyridine rings is 1. The van der Waals surface area contributed by atoms with Crippen LogP contribution in [0.4, 0.5) is 0 Å². The molecule has 0 saturated heterocycles. The van der Waals surface area contributed by atoms with Crippen LogP contribution in [-0.4, -0.2) is 49.0 Å². The molecule has 4 rings (SSSR count). The Hall–Kier alpha value is -3.86. The maximum atomic E-state index is 13.9. The predicted octanol–water partition coefficient (Wildman–Crippen LogP) is 4.36. The van der Waals surface area contributed by atoms with Gasteiger partial charge in [0, 0.05) is 32.1 Å². The maximum absolute atomic E-state index is 13.9. The van der Waals surface area contributed by atoms with E-state index in [-0.39, 0.29) is 29.6 Å². The summed E-state index contributed by atoms with van der Waals surface area (Å²) in [5.41, 5.74) is 2.87. The van der Waals surface area contributed by atoms with E-state index >= 15 is 0 Å². The van der Waals surface area contributed by atoms with Crippen LogP contribution in [0.5, 0.6) is 5.75 Å². The summed E-state index contributed by atoms with van der Waals surface area (Å²) in [4.78, 5) is 25.6. The van der Waals surface area contributed by atoms with Gasteiger partial charge in [0.05, 0.1) is 33.8 Å². The minimum atomic E-state index is -4.12. The first-order valence-electron chi connectivity index (χ1n) is 12.4. The number of esters is 1. The van der Waals surface area contributed by atoms with Crippen molar-refractivity contribution in [3.8, 4) is 5.75 Å². The second-order valence-electron chi connectivity index (χ2n) is 9.43. The number of carbonyl (C=O) groups excluding carboxylic acids is 1. The number of carboxylic acid groups (broad SMARTS) is 1. The monoisotopic (exact) mass is 552 g/mol. The Kier molecular flexibility index (Phi) is 8.29. The van der Waals surface area contributed by atoms with Crippen molar-refractivity contribution in [2.45, 2.75) is 39.3 Å². The van der Waals surface area contributed by atoms with Gasteiger partial charge in [-0.3, -0.25) is 4.55 Å². The van der Waals surface area contributed by atoms with Crippen LogP contribution in [-0.2, 0) is 27.8 Å². The Morgan fingerprint density at radius 2 is 1.59 bits per heavy atom. The number of ether oxygens (including phenoxy) is 2. The number of carbonyl (C=O) groups is 2. The molecule has 1 heterocycles. The Morgan fingerprint density at radius 3 is 2.13 bits per heavy atom. The van der Waals surface area contributed by atoms with Crippen LogP contribution in [0.3, 0.4) is 0 Å². The lowest BCUT2D eigenvalue weighted by molar-refractivity contribution is -0.645. The summed E-state index contributed by atoms with van der Waals surface area (Å²) < 4.78 is 45.1. The number of para-hydroxylation sites is 2. The number of hydrogen-bond acceptors (Lipinski definition) is 6. The van der Waals surface area contributed by atoms with Crippen molar-refractivity contribution in [1.82, 2.24) is 0 Å². The van der Waals surface area contributed by atoms with Crippen molar-refractivity contribution >= 4 is 43.9 Å². The third kappa shape index (κ3) is 6.25. The predicted molar refractivity (Wildman–Crippen MR) is 146 cm³/mol. The highest BCUT2D eigenvalue weighted by Gasteiger charge is 2.27. The molecule has 4 aromatic rings. The molecule has 0 spiro atoms. The number of aromatic carboxylic acids is 1. The summed E-state index contributed by atoms with van der Waals surface area (Å²) in [6.07, 6.45) is 0.272. The molecule has 0 aliphatic rings. The van der Waals surface area contributed by atoms with E-state index in [9.17, 15) is 27.7 Å². The summed E-state index contributed by atoms with van der Waals surface area (Å²) >= 11 is 0. The van der Waals surface area contributed by atoms with Crippen LogP contribution in [0.1, 0.15) is 45.2 Å². The molecular formula is C29H30NO8S+. The first-order chi connectivity index (χ1) is 18.5. The fraction of sp³-hybridized carbons (Fsp3) is 0.276. The molecule has 1 atom stereocenters. The molecule has 2 N–H and O–H groups in total. The van der Waals surface area contributed by atoms with Crippen molar-refractivity contribution < 1.29 is 41.7 Å². The fourth-order valence-electron chi connectivity index (χ4n) is 4.79. The smallest absolute Gasteiger partial charge is 0.345 e. The fourth-order valence-corrected chi connectivity index (χ4v) is 5.28. The zero-order valence-electron chi connectivity index (χ0n) is 21.9. The summed E-state index contributed by atoms with van der Waals surface area (Å²) in [5, 5.41) is 10.8. The van der Waals surface area contributed by atoms with Gasteiger partial charge in [-0.1, -0.05) is 24.3 Å². The van der Waals surface area contributed by atoms with Crippen LogP contribution in [0.25, 0.3) is 21.8 Å². The molecule has 0 aliphatic carbocycles. The van der Waals surface area contributed by atoms with E-state index in [1.54, 1.807) is 38.3 Å². The minimum Gasteiger partial charge on any atom is -0.478 e. The first-order valence-corrected chi connectivity index (χ1v) is 14.0. The number of nitrogens with zero attached hydrogens (tertiary/aromatic N) is 1. The van der Waals surface area contributed by atoms with Gasteiger partial charge in [-0.05, 0) is 49.2 Å². The molecule has 1 aromatic heterocycles. The van der Waals surface area contributed by atoms with Gasteiger partial charge >= 0.3 is 11.9 Å². The molecule has 0 fully saturated rings. The molecule has 39 heavy (non-hydrogen) atoms. The minimum absolute atomic E-state index is 0.0900. The van der Waals surface area contributed by atoms with E-state index in [0.717, 1.165) is 0 Å². The lowest BCUT2D eigenvalue weighted by Crippen LogP contribution is -2.37. The highest BCUT2D eigenvalue weighted by molar-refractivity contribution is 7.85. The second-order valence-corrected chi connectivity index (χ2v) is 11.0. The second kappa shape index (κ2) is 11.5. The third-order valence-electron chi connectivity index (χ3n) is 6.62. The average molecular weight is 553 g/mol. The quantitative estimate of drug-likeness (QED) is 0.0976. The van der Waals surface area contributed by atoms with Gasteiger partial charge in [-0.15, -0.1) is 0 Å². The van der Waals surface area contributed by atoms with Gasteiger partial charge in [-0.25, -0.2) is 9.59 Å². The Morgan fingerprint density at radius 1 is 1.00 bits per heavy atom. The van der Waals surface area contributed by atoms with Gasteiger partial charge in [0.25, 0.3) is 10.1 Å². The summed E-state index contributed by atoms with van der Waals surface area (Å²) in [7, 11) is -2.56. The molecule has 0 bridgehead atoms. The molecule has 204 valence electrons. The van der Waals surface area contributed by atoms with Crippen LogP contribution in [0.15, 0.2) is 60.7 Å². The van der Waals surface area contributed by atoms with Crippen molar-refractivity contribution in [2.24, 2.45) is 0 Å². The van der Waals surface area contributed by atoms with Gasteiger partial charge in [0.1, 0.15) is 5.75 Å². The zero-order chi connectivity index (χ0) is 28.3. The number of fused-ring (bicyclic) bond motifs is 2. The van der Waals surface area contributed by atoms with Gasteiger partial charge in [0.2, 0.25) is 11.0 Å². The summed E-state index contributed by atoms with van der Waals surface area (Å²) in [6, 6.07) is 17.5. The van der Waals surface area contributed by atoms with E-state index < -0.39 is 22.1 Å². The highest BCUT2D eigenvalue weighted by atomic mass is 32.2. The largest absolute Gasteiger partial charge is 0.478 e. The molecule has 9 nitrogen and oxygen atoms in total. The van der Waals surface area contributed by atoms with E-state index in [0.29, 0.717) is 51.5 Å². The number of hydrogen-bond donors (Lipinski definition) is 2. The van der Waals surface area contributed by atoms with E-state index in [2.05, 4.69) is 0 Å². The average Bonchev–Trinajstić information content (AvgIpc) is 2.89. The normalized spacial score (nSPS) is 12.5. The molecule has 0 aliphatic heterocycles. The molecule has 0 radical (unpaired) electrons. The number of rotatable bonds is 10. The van der Waals surface area contributed by atoms with E-state index in [1.165, 1.54) is 12.1 Å². The van der Waals surface area contributed by atoms with E-state index in [4.69, 9.17) is 9.47 Å². The van der Waals surface area contributed by atoms with Crippen molar-refractivity contribution in [3.63, 3.8) is 0 Å². The third-order valence-corrected chi connectivity index (χ3v) is 7.42. The maximum Gasteiger partial charge on any atom is 0.345 e. The molecule has 10 heteroatoms. The molecule has 0 saturated carbocycles. The van der Waals surface area contributed by atoms with Crippen LogP contribution >= 0.6 is 0 Å². The molecular weight excluding hydrogens is 522 g/mol. The molecule has 1 unspecified atom stereocenters. The van der Waals surface area contributed by atoms with Crippen molar-refractivity contribution in [1.29, 1.82) is 0 Å². The Balaban J connectivity index is 1.85. The van der Waals surface area contributed by atoms with Crippen LogP contribution in [0, 0.1) is 6.92 Å². The van der Waals surface area contributed by atoms with Gasteiger partial charge in [-0.2, -0.15) is 13.0 Å². The number of carboxylic acids is 1. The van der Waals surface area contributed by atoms with Gasteiger partial charge < -0.3 is 14.6 Å². The standard InChI is InChI=1S/C29H29NO8S/c1-18-15-21(28(31)32)17-20(16-19(2)37-3)27(18)38-29(33)26-22-9-4-6-11-24(22)30(13-8-14-39(34,35)36)25-12-7-5-10-23(25)26/h4-7,9-12,15,17,19H,8,13-14,16H2,1-3H3,(H-,31,32,34,35,36)/p+1. The number of aromatic nitrogens is 1. The number of methoxy groups -OCH3 is 1. The SMILES string of the molecule is COC(C)Cc1cc(C(=O)O)cc(C)c1OC(=O)c1c2ccccc2[n+](CCCS(=O)(=O)O)c2ccccc12. The first kappa shape index (κ1) is 28.2. The lowest BCUT2D eigenvalue weighted by Gasteiger charge is -2.18. The van der Waals surface area contributed by atoms with Gasteiger partial charge in [0.15, 0.2) is 6.54 Å². The molecule has 0 amide bonds. The summed E-state index contributed by atoms with van der Waals surface area (Å²) in [6.45, 7) is 3.83. The topological polar surface area (TPSA) is 131 Å². The van der Waals surface area contributed by atoms with Crippen LogP contribution in [0.2, 0.25) is 0 Å². The lowest BCUT2D eigenvalue weighted by atomic mass is 9.99. The van der Waals surface area contributed by atoms with Crippen molar-refractivity contribution in [3.05, 3.63) is 82.9 Å². The van der Waals surface area contributed by atoms with Crippen LogP contribution < -0.4 is 9.30 Å². The molecule has 3 aromatic carbocycles. The van der Waals surface area contributed by atoms with E-state index in [1.807, 2.05) is 35.8 Å². The number of benzene rings is 3. The Bertz CT molecular complexity index is 1620. The zero-order valence-corrected chi connectivity index (χ0v) is 22.7. The van der Waals surface area contributed by atoms with Crippen molar-refractivity contribution in [2.75, 3.05) is 12.9 Å².